The van der Waals surface area contributed by atoms with Crippen molar-refractivity contribution in [3.8, 4) is 5.75 Å². The maximum Gasteiger partial charge on any atom is 0.188 e. The summed E-state index contributed by atoms with van der Waals surface area (Å²) >= 11 is 1.85. The molecule has 6 heteroatoms. The number of hydrogen-bond acceptors (Lipinski definition) is 3. The topological polar surface area (TPSA) is 59.6 Å². The SMILES string of the molecule is COc1ccc(CCNC(N)=NCCCSc2ccccc2)cc1.I. The molecule has 2 aromatic carbocycles. The Bertz CT molecular complexity index is 620. The summed E-state index contributed by atoms with van der Waals surface area (Å²) in [5, 5.41) is 3.16. The molecule has 0 aliphatic carbocycles. The minimum absolute atomic E-state index is 0. The lowest BCUT2D eigenvalue weighted by atomic mass is 10.1. The number of halogens is 1. The summed E-state index contributed by atoms with van der Waals surface area (Å²) in [4.78, 5) is 5.66. The molecular weight excluding hydrogens is 445 g/mol. The van der Waals surface area contributed by atoms with Crippen LogP contribution in [0.1, 0.15) is 12.0 Å². The number of ether oxygens (including phenoxy) is 1. The van der Waals surface area contributed by atoms with Crippen LogP contribution in [-0.2, 0) is 6.42 Å². The zero-order valence-corrected chi connectivity index (χ0v) is 17.6. The van der Waals surface area contributed by atoms with Crippen LogP contribution in [0.15, 0.2) is 64.5 Å². The molecule has 0 bridgehead atoms. The number of rotatable bonds is 9. The first-order valence-electron chi connectivity index (χ1n) is 8.12. The van der Waals surface area contributed by atoms with E-state index in [4.69, 9.17) is 10.5 Å². The summed E-state index contributed by atoms with van der Waals surface area (Å²) in [6, 6.07) is 18.5. The first kappa shape index (κ1) is 21.6. The Hall–Kier alpha value is -1.41. The maximum atomic E-state index is 5.89. The second-order valence-corrected chi connectivity index (χ2v) is 6.48. The average molecular weight is 471 g/mol. The van der Waals surface area contributed by atoms with Crippen LogP contribution in [0.2, 0.25) is 0 Å². The molecule has 2 aromatic rings. The van der Waals surface area contributed by atoms with E-state index in [0.717, 1.165) is 37.4 Å². The molecule has 0 amide bonds. The van der Waals surface area contributed by atoms with Gasteiger partial charge in [-0.1, -0.05) is 30.3 Å². The quantitative estimate of drug-likeness (QED) is 0.191. The molecule has 0 aromatic heterocycles. The van der Waals surface area contributed by atoms with Gasteiger partial charge >= 0.3 is 0 Å². The van der Waals surface area contributed by atoms with Gasteiger partial charge in [-0.05, 0) is 48.4 Å². The van der Waals surface area contributed by atoms with Gasteiger partial charge in [0.15, 0.2) is 5.96 Å². The molecule has 136 valence electrons. The van der Waals surface area contributed by atoms with Gasteiger partial charge in [-0.15, -0.1) is 35.7 Å². The van der Waals surface area contributed by atoms with Crippen LogP contribution in [0.4, 0.5) is 0 Å². The Kier molecular flexibility index (Phi) is 11.1. The molecule has 4 nitrogen and oxygen atoms in total. The van der Waals surface area contributed by atoms with Crippen molar-refractivity contribution in [2.75, 3.05) is 26.0 Å². The van der Waals surface area contributed by atoms with E-state index >= 15 is 0 Å². The molecule has 0 radical (unpaired) electrons. The largest absolute Gasteiger partial charge is 0.497 e. The maximum absolute atomic E-state index is 5.89. The van der Waals surface area contributed by atoms with Gasteiger partial charge in [-0.3, -0.25) is 4.99 Å². The van der Waals surface area contributed by atoms with Gasteiger partial charge in [0.2, 0.25) is 0 Å². The molecule has 0 unspecified atom stereocenters. The van der Waals surface area contributed by atoms with Crippen molar-refractivity contribution >= 4 is 41.7 Å². The molecule has 0 aliphatic rings. The van der Waals surface area contributed by atoms with Crippen molar-refractivity contribution in [2.45, 2.75) is 17.7 Å². The standard InChI is InChI=1S/C19H25N3OS.HI/c1-23-17-10-8-16(9-11-17)12-14-22-19(20)21-13-5-15-24-18-6-3-2-4-7-18;/h2-4,6-11H,5,12-15H2,1H3,(H3,20,21,22);1H. The number of thioether (sulfide) groups is 1. The van der Waals surface area contributed by atoms with E-state index in [-0.39, 0.29) is 24.0 Å². The Morgan fingerprint density at radius 2 is 1.84 bits per heavy atom. The second kappa shape index (κ2) is 12.9. The summed E-state index contributed by atoms with van der Waals surface area (Å²) in [7, 11) is 1.67. The summed E-state index contributed by atoms with van der Waals surface area (Å²) in [6.45, 7) is 1.53. The molecule has 0 heterocycles. The van der Waals surface area contributed by atoms with Gasteiger partial charge in [0.25, 0.3) is 0 Å². The van der Waals surface area contributed by atoms with Crippen LogP contribution in [0.5, 0.6) is 5.75 Å². The predicted octanol–water partition coefficient (Wildman–Crippen LogP) is 3.94. The summed E-state index contributed by atoms with van der Waals surface area (Å²) < 4.78 is 5.15. The van der Waals surface area contributed by atoms with Crippen molar-refractivity contribution in [3.63, 3.8) is 0 Å². The molecule has 0 aliphatic heterocycles. The van der Waals surface area contributed by atoms with Crippen molar-refractivity contribution in [1.82, 2.24) is 5.32 Å². The fraction of sp³-hybridized carbons (Fsp3) is 0.316. The monoisotopic (exact) mass is 471 g/mol. The Morgan fingerprint density at radius 1 is 1.12 bits per heavy atom. The molecule has 3 N–H and O–H groups in total. The number of nitrogens with one attached hydrogen (secondary N) is 1. The van der Waals surface area contributed by atoms with Crippen molar-refractivity contribution in [1.29, 1.82) is 0 Å². The van der Waals surface area contributed by atoms with E-state index in [1.807, 2.05) is 30.0 Å². The molecule has 0 saturated heterocycles. The van der Waals surface area contributed by atoms with Crippen LogP contribution >= 0.6 is 35.7 Å². The molecule has 0 saturated carbocycles. The number of guanidine groups is 1. The smallest absolute Gasteiger partial charge is 0.188 e. The number of aliphatic imine (C=N–C) groups is 1. The molecule has 0 fully saturated rings. The van der Waals surface area contributed by atoms with E-state index in [2.05, 4.69) is 46.7 Å². The van der Waals surface area contributed by atoms with E-state index in [9.17, 15) is 0 Å². The van der Waals surface area contributed by atoms with Crippen LogP contribution in [0, 0.1) is 0 Å². The first-order chi connectivity index (χ1) is 11.8. The molecular formula is C19H26IN3OS. The van der Waals surface area contributed by atoms with E-state index in [1.165, 1.54) is 10.5 Å². The van der Waals surface area contributed by atoms with E-state index in [1.54, 1.807) is 7.11 Å². The minimum Gasteiger partial charge on any atom is -0.497 e. The summed E-state index contributed by atoms with van der Waals surface area (Å²) in [5.41, 5.74) is 7.13. The third kappa shape index (κ3) is 9.02. The normalized spacial score (nSPS) is 10.8. The van der Waals surface area contributed by atoms with Crippen molar-refractivity contribution in [2.24, 2.45) is 10.7 Å². The number of nitrogens with zero attached hydrogens (tertiary/aromatic N) is 1. The Balaban J connectivity index is 0.00000312. The molecule has 25 heavy (non-hydrogen) atoms. The lowest BCUT2D eigenvalue weighted by Gasteiger charge is -2.06. The van der Waals surface area contributed by atoms with Gasteiger partial charge < -0.3 is 15.8 Å². The zero-order chi connectivity index (χ0) is 17.0. The highest BCUT2D eigenvalue weighted by Gasteiger charge is 1.97. The van der Waals surface area contributed by atoms with Gasteiger partial charge in [-0.25, -0.2) is 0 Å². The van der Waals surface area contributed by atoms with Crippen molar-refractivity contribution < 1.29 is 4.74 Å². The molecule has 2 rings (SSSR count). The highest BCUT2D eigenvalue weighted by atomic mass is 127. The summed E-state index contributed by atoms with van der Waals surface area (Å²) in [5.74, 6) is 2.45. The highest BCUT2D eigenvalue weighted by Crippen LogP contribution is 2.17. The number of benzene rings is 2. The third-order valence-corrected chi connectivity index (χ3v) is 4.57. The fourth-order valence-corrected chi connectivity index (χ4v) is 3.01. The number of hydrogen-bond donors (Lipinski definition) is 2. The molecule has 0 spiro atoms. The second-order valence-electron chi connectivity index (χ2n) is 5.31. The van der Waals surface area contributed by atoms with Gasteiger partial charge in [-0.2, -0.15) is 0 Å². The van der Waals surface area contributed by atoms with Crippen LogP contribution in [-0.4, -0.2) is 31.9 Å². The lowest BCUT2D eigenvalue weighted by molar-refractivity contribution is 0.414. The van der Waals surface area contributed by atoms with Gasteiger partial charge in [0.1, 0.15) is 5.75 Å². The van der Waals surface area contributed by atoms with Gasteiger partial charge in [0, 0.05) is 18.0 Å². The van der Waals surface area contributed by atoms with Crippen molar-refractivity contribution in [3.05, 3.63) is 60.2 Å². The molecule has 0 atom stereocenters. The third-order valence-electron chi connectivity index (χ3n) is 3.48. The predicted molar refractivity (Wildman–Crippen MR) is 118 cm³/mol. The Morgan fingerprint density at radius 3 is 2.52 bits per heavy atom. The summed E-state index contributed by atoms with van der Waals surface area (Å²) in [6.07, 6.45) is 1.92. The average Bonchev–Trinajstić information content (AvgIpc) is 2.63. The lowest BCUT2D eigenvalue weighted by Crippen LogP contribution is -2.33. The minimum atomic E-state index is 0. The van der Waals surface area contributed by atoms with Crippen LogP contribution < -0.4 is 15.8 Å². The van der Waals surface area contributed by atoms with E-state index < -0.39 is 0 Å². The van der Waals surface area contributed by atoms with E-state index in [0.29, 0.717) is 5.96 Å². The highest BCUT2D eigenvalue weighted by molar-refractivity contribution is 14.0. The fourth-order valence-electron chi connectivity index (χ4n) is 2.15. The Labute approximate surface area is 171 Å². The number of methoxy groups -OCH3 is 1. The zero-order valence-electron chi connectivity index (χ0n) is 14.5. The first-order valence-corrected chi connectivity index (χ1v) is 9.11. The number of nitrogens with two attached hydrogens (primary N) is 1. The van der Waals surface area contributed by atoms with Gasteiger partial charge in [0.05, 0.1) is 7.11 Å². The van der Waals surface area contributed by atoms with Crippen LogP contribution in [0.3, 0.4) is 0 Å². The van der Waals surface area contributed by atoms with Crippen LogP contribution in [0.25, 0.3) is 0 Å².